The summed E-state index contributed by atoms with van der Waals surface area (Å²) in [6.07, 6.45) is 0. The van der Waals surface area contributed by atoms with Crippen molar-refractivity contribution in [2.24, 2.45) is 0 Å². The van der Waals surface area contributed by atoms with Gasteiger partial charge in [-0.3, -0.25) is 10.2 Å². The lowest BCUT2D eigenvalue weighted by Gasteiger charge is -2.11. The lowest BCUT2D eigenvalue weighted by atomic mass is 10.3. The summed E-state index contributed by atoms with van der Waals surface area (Å²) in [6.45, 7) is 1.28. The van der Waals surface area contributed by atoms with Crippen molar-refractivity contribution in [3.05, 3.63) is 23.2 Å². The van der Waals surface area contributed by atoms with Crippen LogP contribution in [0, 0.1) is 0 Å². The van der Waals surface area contributed by atoms with Crippen LogP contribution < -0.4 is 20.9 Å². The first-order valence-corrected chi connectivity index (χ1v) is 5.08. The van der Waals surface area contributed by atoms with E-state index >= 15 is 0 Å². The summed E-state index contributed by atoms with van der Waals surface area (Å²) >= 11 is 5.79. The first-order valence-electron chi connectivity index (χ1n) is 4.70. The number of ether oxygens (including phenoxy) is 1. The van der Waals surface area contributed by atoms with E-state index in [2.05, 4.69) is 16.2 Å². The number of benzene rings is 1. The molecule has 0 spiro atoms. The zero-order valence-electron chi connectivity index (χ0n) is 9.33. The highest BCUT2D eigenvalue weighted by Gasteiger charge is 2.07. The molecule has 7 heteroatoms. The summed E-state index contributed by atoms with van der Waals surface area (Å²) in [5.74, 6) is 0.0885. The predicted octanol–water partition coefficient (Wildman–Crippen LogP) is 1.52. The highest BCUT2D eigenvalue weighted by molar-refractivity contribution is 6.31. The van der Waals surface area contributed by atoms with Crippen LogP contribution >= 0.6 is 11.6 Å². The van der Waals surface area contributed by atoms with E-state index in [4.69, 9.17) is 16.3 Å². The van der Waals surface area contributed by atoms with Crippen LogP contribution in [0.25, 0.3) is 0 Å². The molecular weight excluding hydrogens is 246 g/mol. The molecule has 0 aliphatic rings. The van der Waals surface area contributed by atoms with Gasteiger partial charge in [0, 0.05) is 11.9 Å². The van der Waals surface area contributed by atoms with Crippen LogP contribution in [0.4, 0.5) is 10.5 Å². The molecule has 0 saturated carbocycles. The van der Waals surface area contributed by atoms with Crippen molar-refractivity contribution >= 4 is 29.2 Å². The predicted molar refractivity (Wildman–Crippen MR) is 64.0 cm³/mol. The Hall–Kier alpha value is -1.95. The molecule has 17 heavy (non-hydrogen) atoms. The van der Waals surface area contributed by atoms with Crippen LogP contribution in [0.1, 0.15) is 6.92 Å². The van der Waals surface area contributed by atoms with Crippen molar-refractivity contribution in [3.63, 3.8) is 0 Å². The number of rotatable bonds is 2. The van der Waals surface area contributed by atoms with Crippen LogP contribution in [0.15, 0.2) is 18.2 Å². The number of urea groups is 1. The summed E-state index contributed by atoms with van der Waals surface area (Å²) in [6, 6.07) is 4.20. The van der Waals surface area contributed by atoms with Crippen LogP contribution in [0.2, 0.25) is 5.02 Å². The van der Waals surface area contributed by atoms with Crippen LogP contribution in [0.3, 0.4) is 0 Å². The number of halogens is 1. The standard InChI is InChI=1S/C10H12ClN3O3/c1-6(15)13-14-10(16)12-8-5-7(11)3-4-9(8)17-2/h3-5H,1-2H3,(H,13,15)(H2,12,14,16). The van der Waals surface area contributed by atoms with Crippen molar-refractivity contribution in [1.29, 1.82) is 0 Å². The maximum atomic E-state index is 11.4. The SMILES string of the molecule is COc1ccc(Cl)cc1NC(=O)NNC(C)=O. The third-order valence-electron chi connectivity index (χ3n) is 1.76. The molecule has 0 unspecified atom stereocenters. The van der Waals surface area contributed by atoms with Gasteiger partial charge in [-0.25, -0.2) is 10.2 Å². The minimum absolute atomic E-state index is 0.377. The molecular formula is C10H12ClN3O3. The number of nitrogens with one attached hydrogen (secondary N) is 3. The lowest BCUT2D eigenvalue weighted by molar-refractivity contribution is -0.119. The highest BCUT2D eigenvalue weighted by atomic mass is 35.5. The molecule has 3 N–H and O–H groups in total. The van der Waals surface area contributed by atoms with Gasteiger partial charge in [-0.2, -0.15) is 0 Å². The molecule has 1 rings (SSSR count). The van der Waals surface area contributed by atoms with Crippen LogP contribution in [-0.4, -0.2) is 19.0 Å². The number of carbonyl (C=O) groups excluding carboxylic acids is 2. The van der Waals surface area contributed by atoms with E-state index in [1.54, 1.807) is 12.1 Å². The summed E-state index contributed by atoms with van der Waals surface area (Å²) in [7, 11) is 1.47. The quantitative estimate of drug-likeness (QED) is 0.703. The van der Waals surface area contributed by atoms with Gasteiger partial charge in [-0.15, -0.1) is 0 Å². The Morgan fingerprint density at radius 3 is 2.59 bits per heavy atom. The van der Waals surface area contributed by atoms with Gasteiger partial charge in [-0.05, 0) is 18.2 Å². The monoisotopic (exact) mass is 257 g/mol. The Kier molecular flexibility index (Phi) is 4.59. The van der Waals surface area contributed by atoms with E-state index in [1.807, 2.05) is 0 Å². The van der Waals surface area contributed by atoms with Gasteiger partial charge in [0.05, 0.1) is 12.8 Å². The number of hydrazine groups is 1. The van der Waals surface area contributed by atoms with Crippen LogP contribution in [0.5, 0.6) is 5.75 Å². The van der Waals surface area contributed by atoms with Gasteiger partial charge in [-0.1, -0.05) is 11.6 Å². The van der Waals surface area contributed by atoms with Gasteiger partial charge < -0.3 is 10.1 Å². The zero-order valence-corrected chi connectivity index (χ0v) is 10.1. The molecule has 3 amide bonds. The van der Waals surface area contributed by atoms with E-state index < -0.39 is 6.03 Å². The molecule has 0 bridgehead atoms. The Morgan fingerprint density at radius 1 is 1.29 bits per heavy atom. The molecule has 0 aromatic heterocycles. The van der Waals surface area contributed by atoms with E-state index in [1.165, 1.54) is 20.1 Å². The zero-order chi connectivity index (χ0) is 12.8. The third kappa shape index (κ3) is 4.20. The number of amides is 3. The summed E-state index contributed by atoms with van der Waals surface area (Å²) in [4.78, 5) is 21.9. The third-order valence-corrected chi connectivity index (χ3v) is 2.00. The van der Waals surface area contributed by atoms with Gasteiger partial charge in [0.25, 0.3) is 0 Å². The second-order valence-electron chi connectivity index (χ2n) is 3.10. The van der Waals surface area contributed by atoms with Crippen molar-refractivity contribution in [1.82, 2.24) is 10.9 Å². The lowest BCUT2D eigenvalue weighted by Crippen LogP contribution is -2.42. The molecule has 6 nitrogen and oxygen atoms in total. The average Bonchev–Trinajstić information content (AvgIpc) is 2.27. The average molecular weight is 258 g/mol. The summed E-state index contributed by atoms with van der Waals surface area (Å²) < 4.78 is 5.04. The van der Waals surface area contributed by atoms with E-state index in [0.717, 1.165) is 0 Å². The first kappa shape index (κ1) is 13.1. The minimum atomic E-state index is -0.597. The molecule has 1 aromatic rings. The molecule has 0 fully saturated rings. The second-order valence-corrected chi connectivity index (χ2v) is 3.54. The molecule has 0 saturated heterocycles. The van der Waals surface area contributed by atoms with Crippen molar-refractivity contribution in [2.45, 2.75) is 6.92 Å². The van der Waals surface area contributed by atoms with Gasteiger partial charge in [0.1, 0.15) is 5.75 Å². The molecule has 0 radical (unpaired) electrons. The Morgan fingerprint density at radius 2 is 2.00 bits per heavy atom. The van der Waals surface area contributed by atoms with Crippen molar-refractivity contribution in [3.8, 4) is 5.75 Å². The normalized spacial score (nSPS) is 9.35. The highest BCUT2D eigenvalue weighted by Crippen LogP contribution is 2.27. The molecule has 1 aromatic carbocycles. The fourth-order valence-corrected chi connectivity index (χ4v) is 1.25. The van der Waals surface area contributed by atoms with Crippen molar-refractivity contribution in [2.75, 3.05) is 12.4 Å². The summed E-state index contributed by atoms with van der Waals surface area (Å²) in [5, 5.41) is 2.94. The minimum Gasteiger partial charge on any atom is -0.495 e. The maximum Gasteiger partial charge on any atom is 0.338 e. The smallest absolute Gasteiger partial charge is 0.338 e. The summed E-state index contributed by atoms with van der Waals surface area (Å²) in [5.41, 5.74) is 4.70. The molecule has 0 atom stereocenters. The van der Waals surface area contributed by atoms with E-state index in [9.17, 15) is 9.59 Å². The topological polar surface area (TPSA) is 79.5 Å². The Labute approximate surface area is 103 Å². The number of carbonyl (C=O) groups is 2. The maximum absolute atomic E-state index is 11.4. The van der Waals surface area contributed by atoms with Crippen molar-refractivity contribution < 1.29 is 14.3 Å². The fraction of sp³-hybridized carbons (Fsp3) is 0.200. The first-order chi connectivity index (χ1) is 8.02. The number of hydrogen-bond acceptors (Lipinski definition) is 3. The largest absolute Gasteiger partial charge is 0.495 e. The fourth-order valence-electron chi connectivity index (χ4n) is 1.08. The number of methoxy groups -OCH3 is 1. The number of anilines is 1. The van der Waals surface area contributed by atoms with E-state index in [-0.39, 0.29) is 5.91 Å². The van der Waals surface area contributed by atoms with Gasteiger partial charge in [0.2, 0.25) is 5.91 Å². The van der Waals surface area contributed by atoms with E-state index in [0.29, 0.717) is 16.5 Å². The molecule has 0 heterocycles. The van der Waals surface area contributed by atoms with Crippen LogP contribution in [-0.2, 0) is 4.79 Å². The molecule has 0 aliphatic carbocycles. The van der Waals surface area contributed by atoms with Gasteiger partial charge in [0.15, 0.2) is 0 Å². The Balaban J connectivity index is 2.69. The van der Waals surface area contributed by atoms with Gasteiger partial charge >= 0.3 is 6.03 Å². The second kappa shape index (κ2) is 5.95. The number of hydrogen-bond donors (Lipinski definition) is 3. The molecule has 92 valence electrons. The molecule has 0 aliphatic heterocycles. The Bertz CT molecular complexity index is 437.